The van der Waals surface area contributed by atoms with Gasteiger partial charge in [0.05, 0.1) is 6.61 Å². The van der Waals surface area contributed by atoms with Crippen LogP contribution in [0.25, 0.3) is 0 Å². The molecule has 0 spiro atoms. The Hall–Kier alpha value is -1.59. The molecule has 0 aromatic heterocycles. The smallest absolute Gasteiger partial charge is 0.314 e. The van der Waals surface area contributed by atoms with Crippen molar-refractivity contribution in [3.8, 4) is 0 Å². The van der Waals surface area contributed by atoms with Crippen LogP contribution in [0, 0.1) is 0 Å². The minimum absolute atomic E-state index is 0.116. The summed E-state index contributed by atoms with van der Waals surface area (Å²) in [5.41, 5.74) is 1.32. The summed E-state index contributed by atoms with van der Waals surface area (Å²) in [6.45, 7) is 4.01. The molecule has 1 aliphatic heterocycles. The van der Waals surface area contributed by atoms with Gasteiger partial charge in [-0.15, -0.1) is 0 Å². The third-order valence-electron chi connectivity index (χ3n) is 4.06. The van der Waals surface area contributed by atoms with Crippen LogP contribution in [0.2, 0.25) is 0 Å². The van der Waals surface area contributed by atoms with Gasteiger partial charge in [-0.25, -0.2) is 4.79 Å². The highest BCUT2D eigenvalue weighted by atomic mass is 16.5. The zero-order chi connectivity index (χ0) is 15.6. The standard InChI is InChI=1S/C17H27N3O2/c1-22-12-9-18-17(21)19-14-16(20-10-5-6-11-20)13-15-7-3-2-4-8-15/h2-4,7-8,16H,5-6,9-14H2,1H3,(H2,18,19,21). The Balaban J connectivity index is 1.83. The summed E-state index contributed by atoms with van der Waals surface area (Å²) >= 11 is 0. The Kier molecular flexibility index (Phi) is 7.19. The fraction of sp³-hybridized carbons (Fsp3) is 0.588. The second-order valence-corrected chi connectivity index (χ2v) is 5.72. The first-order chi connectivity index (χ1) is 10.8. The van der Waals surface area contributed by atoms with Crippen LogP contribution in [-0.2, 0) is 11.2 Å². The number of urea groups is 1. The predicted octanol–water partition coefficient (Wildman–Crippen LogP) is 1.64. The fourth-order valence-corrected chi connectivity index (χ4v) is 2.86. The topological polar surface area (TPSA) is 53.6 Å². The molecule has 1 atom stereocenters. The van der Waals surface area contributed by atoms with Crippen molar-refractivity contribution in [3.63, 3.8) is 0 Å². The minimum Gasteiger partial charge on any atom is -0.383 e. The number of methoxy groups -OCH3 is 1. The molecule has 1 aromatic carbocycles. The van der Waals surface area contributed by atoms with Crippen molar-refractivity contribution >= 4 is 6.03 Å². The van der Waals surface area contributed by atoms with Crippen LogP contribution in [0.5, 0.6) is 0 Å². The largest absolute Gasteiger partial charge is 0.383 e. The number of likely N-dealkylation sites (tertiary alicyclic amines) is 1. The number of nitrogens with zero attached hydrogens (tertiary/aromatic N) is 1. The van der Waals surface area contributed by atoms with Crippen molar-refractivity contribution < 1.29 is 9.53 Å². The van der Waals surface area contributed by atoms with Crippen LogP contribution in [-0.4, -0.2) is 56.9 Å². The summed E-state index contributed by atoms with van der Waals surface area (Å²) < 4.78 is 4.93. The van der Waals surface area contributed by atoms with E-state index < -0.39 is 0 Å². The molecule has 0 aliphatic carbocycles. The lowest BCUT2D eigenvalue weighted by molar-refractivity contribution is 0.193. The normalized spacial score (nSPS) is 16.4. The number of benzene rings is 1. The van der Waals surface area contributed by atoms with Crippen molar-refractivity contribution in [3.05, 3.63) is 35.9 Å². The maximum atomic E-state index is 11.8. The Bertz CT molecular complexity index is 433. The average Bonchev–Trinajstić information content (AvgIpc) is 3.07. The molecule has 1 aromatic rings. The minimum atomic E-state index is -0.116. The first kappa shape index (κ1) is 16.8. The average molecular weight is 305 g/mol. The first-order valence-corrected chi connectivity index (χ1v) is 8.08. The van der Waals surface area contributed by atoms with Crippen molar-refractivity contribution in [2.75, 3.05) is 39.9 Å². The van der Waals surface area contributed by atoms with E-state index >= 15 is 0 Å². The predicted molar refractivity (Wildman–Crippen MR) is 88.0 cm³/mol. The lowest BCUT2D eigenvalue weighted by Crippen LogP contribution is -2.47. The summed E-state index contributed by atoms with van der Waals surface area (Å²) in [6.07, 6.45) is 3.48. The monoisotopic (exact) mass is 305 g/mol. The van der Waals surface area contributed by atoms with E-state index in [2.05, 4.69) is 39.8 Å². The number of hydrogen-bond donors (Lipinski definition) is 2. The first-order valence-electron chi connectivity index (χ1n) is 8.08. The van der Waals surface area contributed by atoms with Crippen molar-refractivity contribution in [1.29, 1.82) is 0 Å². The van der Waals surface area contributed by atoms with Crippen LogP contribution in [0.1, 0.15) is 18.4 Å². The lowest BCUT2D eigenvalue weighted by Gasteiger charge is -2.28. The number of ether oxygens (including phenoxy) is 1. The van der Waals surface area contributed by atoms with Gasteiger partial charge in [-0.05, 0) is 37.9 Å². The van der Waals surface area contributed by atoms with E-state index in [1.807, 2.05) is 6.07 Å². The number of hydrogen-bond acceptors (Lipinski definition) is 3. The number of rotatable bonds is 8. The molecule has 1 heterocycles. The molecule has 2 rings (SSSR count). The van der Waals surface area contributed by atoms with E-state index in [0.717, 1.165) is 19.5 Å². The van der Waals surface area contributed by atoms with E-state index in [9.17, 15) is 4.79 Å². The summed E-state index contributed by atoms with van der Waals surface area (Å²) in [6, 6.07) is 10.7. The number of carbonyl (C=O) groups is 1. The summed E-state index contributed by atoms with van der Waals surface area (Å²) in [5, 5.41) is 5.79. The molecule has 5 nitrogen and oxygen atoms in total. The molecule has 1 unspecified atom stereocenters. The number of nitrogens with one attached hydrogen (secondary N) is 2. The molecule has 5 heteroatoms. The molecule has 0 bridgehead atoms. The fourth-order valence-electron chi connectivity index (χ4n) is 2.86. The molecule has 1 aliphatic rings. The second kappa shape index (κ2) is 9.43. The van der Waals surface area contributed by atoms with Gasteiger partial charge in [0.15, 0.2) is 0 Å². The molecule has 1 saturated heterocycles. The Morgan fingerprint density at radius 3 is 2.64 bits per heavy atom. The Morgan fingerprint density at radius 1 is 1.23 bits per heavy atom. The van der Waals surface area contributed by atoms with Gasteiger partial charge in [0.1, 0.15) is 0 Å². The highest BCUT2D eigenvalue weighted by Crippen LogP contribution is 2.15. The van der Waals surface area contributed by atoms with Crippen molar-refractivity contribution in [2.24, 2.45) is 0 Å². The maximum absolute atomic E-state index is 11.8. The molecular weight excluding hydrogens is 278 g/mol. The summed E-state index contributed by atoms with van der Waals surface area (Å²) in [5.74, 6) is 0. The van der Waals surface area contributed by atoms with E-state index in [1.165, 1.54) is 18.4 Å². The van der Waals surface area contributed by atoms with E-state index in [1.54, 1.807) is 7.11 Å². The molecule has 22 heavy (non-hydrogen) atoms. The molecule has 0 saturated carbocycles. The number of carbonyl (C=O) groups excluding carboxylic acids is 1. The van der Waals surface area contributed by atoms with Crippen LogP contribution < -0.4 is 10.6 Å². The zero-order valence-electron chi connectivity index (χ0n) is 13.4. The quantitative estimate of drug-likeness (QED) is 0.718. The lowest BCUT2D eigenvalue weighted by atomic mass is 10.0. The third kappa shape index (κ3) is 5.66. The SMILES string of the molecule is COCCNC(=O)NCC(Cc1ccccc1)N1CCCC1. The molecule has 0 radical (unpaired) electrons. The summed E-state index contributed by atoms with van der Waals surface area (Å²) in [4.78, 5) is 14.3. The van der Waals surface area contributed by atoms with E-state index in [-0.39, 0.29) is 6.03 Å². The van der Waals surface area contributed by atoms with Crippen LogP contribution in [0.3, 0.4) is 0 Å². The third-order valence-corrected chi connectivity index (χ3v) is 4.06. The maximum Gasteiger partial charge on any atom is 0.314 e. The second-order valence-electron chi connectivity index (χ2n) is 5.72. The van der Waals surface area contributed by atoms with Gasteiger partial charge in [0, 0.05) is 26.2 Å². The van der Waals surface area contributed by atoms with Gasteiger partial charge in [-0.2, -0.15) is 0 Å². The number of amides is 2. The molecule has 1 fully saturated rings. The highest BCUT2D eigenvalue weighted by Gasteiger charge is 2.22. The van der Waals surface area contributed by atoms with Gasteiger partial charge in [0.2, 0.25) is 0 Å². The molecule has 2 N–H and O–H groups in total. The van der Waals surface area contributed by atoms with Gasteiger partial charge in [-0.3, -0.25) is 4.90 Å². The Morgan fingerprint density at radius 2 is 1.95 bits per heavy atom. The zero-order valence-corrected chi connectivity index (χ0v) is 13.4. The van der Waals surface area contributed by atoms with Crippen LogP contribution in [0.4, 0.5) is 4.79 Å². The van der Waals surface area contributed by atoms with Crippen molar-refractivity contribution in [2.45, 2.75) is 25.3 Å². The van der Waals surface area contributed by atoms with Crippen LogP contribution in [0.15, 0.2) is 30.3 Å². The Labute approximate surface area is 133 Å². The van der Waals surface area contributed by atoms with Gasteiger partial charge in [0.25, 0.3) is 0 Å². The highest BCUT2D eigenvalue weighted by molar-refractivity contribution is 5.73. The van der Waals surface area contributed by atoms with Gasteiger partial charge < -0.3 is 15.4 Å². The molecular formula is C17H27N3O2. The van der Waals surface area contributed by atoms with Crippen molar-refractivity contribution in [1.82, 2.24) is 15.5 Å². The molecule has 122 valence electrons. The van der Waals surface area contributed by atoms with E-state index in [4.69, 9.17) is 4.74 Å². The van der Waals surface area contributed by atoms with Crippen LogP contribution >= 0.6 is 0 Å². The van der Waals surface area contributed by atoms with Gasteiger partial charge in [-0.1, -0.05) is 30.3 Å². The summed E-state index contributed by atoms with van der Waals surface area (Å²) in [7, 11) is 1.63. The molecule has 2 amide bonds. The van der Waals surface area contributed by atoms with Gasteiger partial charge >= 0.3 is 6.03 Å². The van der Waals surface area contributed by atoms with E-state index in [0.29, 0.717) is 25.7 Å².